The van der Waals surface area contributed by atoms with E-state index in [-0.39, 0.29) is 0 Å². The molecule has 1 rings (SSSR count). The van der Waals surface area contributed by atoms with Crippen LogP contribution in [-0.4, -0.2) is 13.0 Å². The standard InChI is InChI=1S/C66H126O3S/c1-7-13-19-25-31-37-42-48-54-60-61(55-49-43-38-32-26-20-14-8-2)63(57-51-45-40-34-28-22-16-10-4)66(65(70(67,68)69)59-53-47-36-30-24-18-12-6)64(58-52-46-41-35-29-23-17-11-5)62(60)56-50-44-39-33-27-21-15-9-3/h65H,7-59H2,1-6H3,(H,67,68,69). The zero-order valence-electron chi connectivity index (χ0n) is 48.7. The van der Waals surface area contributed by atoms with Crippen LogP contribution in [0.4, 0.5) is 0 Å². The molecule has 3 nitrogen and oxygen atoms in total. The Labute approximate surface area is 441 Å². The Morgan fingerprint density at radius 3 is 0.643 bits per heavy atom. The van der Waals surface area contributed by atoms with Gasteiger partial charge in [0.25, 0.3) is 10.1 Å². The number of benzene rings is 1. The maximum atomic E-state index is 14.3. The van der Waals surface area contributed by atoms with E-state index in [9.17, 15) is 13.0 Å². The molecular weight excluding hydrogens is 873 g/mol. The lowest BCUT2D eigenvalue weighted by atomic mass is 9.77. The molecule has 0 radical (unpaired) electrons. The first-order valence-electron chi connectivity index (χ1n) is 32.5. The lowest BCUT2D eigenvalue weighted by molar-refractivity contribution is 0.456. The third-order valence-corrected chi connectivity index (χ3v) is 17.5. The molecule has 0 heterocycles. The van der Waals surface area contributed by atoms with Crippen molar-refractivity contribution in [2.75, 3.05) is 0 Å². The van der Waals surface area contributed by atoms with Gasteiger partial charge in [-0.3, -0.25) is 4.55 Å². The molecule has 0 saturated heterocycles. The third kappa shape index (κ3) is 34.6. The Morgan fingerprint density at radius 2 is 0.429 bits per heavy atom. The molecule has 0 fully saturated rings. The van der Waals surface area contributed by atoms with Crippen molar-refractivity contribution in [1.29, 1.82) is 0 Å². The van der Waals surface area contributed by atoms with Gasteiger partial charge in [-0.05, 0) is 104 Å². The van der Waals surface area contributed by atoms with E-state index in [4.69, 9.17) is 0 Å². The molecule has 0 saturated carbocycles. The van der Waals surface area contributed by atoms with Crippen LogP contribution in [0.1, 0.15) is 388 Å². The van der Waals surface area contributed by atoms with Crippen LogP contribution in [0.3, 0.4) is 0 Å². The van der Waals surface area contributed by atoms with Gasteiger partial charge in [0.1, 0.15) is 5.25 Å². The molecule has 1 atom stereocenters. The molecule has 0 amide bonds. The molecule has 0 aromatic heterocycles. The molecule has 0 aliphatic heterocycles. The van der Waals surface area contributed by atoms with Crippen molar-refractivity contribution >= 4 is 10.1 Å². The van der Waals surface area contributed by atoms with Crippen LogP contribution in [0.2, 0.25) is 0 Å². The van der Waals surface area contributed by atoms with Gasteiger partial charge in [-0.2, -0.15) is 8.42 Å². The smallest absolute Gasteiger partial charge is 0.272 e. The van der Waals surface area contributed by atoms with Gasteiger partial charge in [0.05, 0.1) is 0 Å². The highest BCUT2D eigenvalue weighted by Crippen LogP contribution is 2.42. The molecule has 1 aromatic carbocycles. The van der Waals surface area contributed by atoms with Gasteiger partial charge in [-0.25, -0.2) is 0 Å². The van der Waals surface area contributed by atoms with E-state index < -0.39 is 15.4 Å². The van der Waals surface area contributed by atoms with Crippen molar-refractivity contribution in [3.63, 3.8) is 0 Å². The Kier molecular flexibility index (Phi) is 47.0. The second-order valence-corrected chi connectivity index (χ2v) is 24.4. The first-order chi connectivity index (χ1) is 34.3. The van der Waals surface area contributed by atoms with Crippen molar-refractivity contribution in [2.24, 2.45) is 0 Å². The van der Waals surface area contributed by atoms with E-state index >= 15 is 0 Å². The van der Waals surface area contributed by atoms with E-state index in [1.165, 1.54) is 287 Å². The summed E-state index contributed by atoms with van der Waals surface area (Å²) in [4.78, 5) is 0. The average molecular weight is 1000 g/mol. The Bertz CT molecular complexity index is 1320. The SMILES string of the molecule is CCCCCCCCCCc1c(CCCCCCCCCC)c(CCCCCCCCCC)c(C(CCCCCCCCC)S(=O)(=O)O)c(CCCCCCCCCC)c1CCCCCCCCCC. The molecule has 414 valence electrons. The topological polar surface area (TPSA) is 54.4 Å². The molecule has 4 heteroatoms. The molecule has 0 aliphatic rings. The minimum atomic E-state index is -4.32. The molecule has 70 heavy (non-hydrogen) atoms. The van der Waals surface area contributed by atoms with Gasteiger partial charge in [-0.1, -0.05) is 311 Å². The summed E-state index contributed by atoms with van der Waals surface area (Å²) in [6, 6.07) is 0. The van der Waals surface area contributed by atoms with Crippen LogP contribution in [0.15, 0.2) is 0 Å². The highest BCUT2D eigenvalue weighted by Gasteiger charge is 2.33. The van der Waals surface area contributed by atoms with E-state index in [1.54, 1.807) is 16.7 Å². The maximum Gasteiger partial charge on any atom is 0.272 e. The van der Waals surface area contributed by atoms with Crippen molar-refractivity contribution in [1.82, 2.24) is 0 Å². The summed E-state index contributed by atoms with van der Waals surface area (Å²) in [7, 11) is -4.32. The third-order valence-electron chi connectivity index (χ3n) is 16.3. The predicted octanol–water partition coefficient (Wildman–Crippen LogP) is 23.2. The first kappa shape index (κ1) is 67.1. The van der Waals surface area contributed by atoms with E-state index in [2.05, 4.69) is 41.5 Å². The van der Waals surface area contributed by atoms with Crippen LogP contribution >= 0.6 is 0 Å². The fourth-order valence-electron chi connectivity index (χ4n) is 11.8. The second kappa shape index (κ2) is 49.0. The van der Waals surface area contributed by atoms with Gasteiger partial charge >= 0.3 is 0 Å². The zero-order chi connectivity index (χ0) is 51.0. The minimum Gasteiger partial charge on any atom is -0.285 e. The van der Waals surface area contributed by atoms with Gasteiger partial charge in [-0.15, -0.1) is 0 Å². The Hall–Kier alpha value is -0.870. The largest absolute Gasteiger partial charge is 0.285 e. The molecule has 0 spiro atoms. The van der Waals surface area contributed by atoms with Gasteiger partial charge < -0.3 is 0 Å². The summed E-state index contributed by atoms with van der Waals surface area (Å²) >= 11 is 0. The molecule has 0 bridgehead atoms. The Morgan fingerprint density at radius 1 is 0.257 bits per heavy atom. The van der Waals surface area contributed by atoms with Crippen molar-refractivity contribution < 1.29 is 13.0 Å². The minimum absolute atomic E-state index is 0.563. The molecule has 0 aliphatic carbocycles. The van der Waals surface area contributed by atoms with Gasteiger partial charge in [0.2, 0.25) is 0 Å². The zero-order valence-corrected chi connectivity index (χ0v) is 49.5. The molecular formula is C66H126O3S. The Balaban J connectivity index is 4.04. The summed E-state index contributed by atoms with van der Waals surface area (Å²) in [5.74, 6) is 0. The number of unbranched alkanes of at least 4 members (excludes halogenated alkanes) is 41. The van der Waals surface area contributed by atoms with Crippen molar-refractivity contribution in [2.45, 2.75) is 387 Å². The number of rotatable bonds is 55. The molecule has 1 unspecified atom stereocenters. The highest BCUT2D eigenvalue weighted by atomic mass is 32.2. The van der Waals surface area contributed by atoms with Crippen LogP contribution in [0, 0.1) is 0 Å². The first-order valence-corrected chi connectivity index (χ1v) is 34.0. The second-order valence-electron chi connectivity index (χ2n) is 22.8. The summed E-state index contributed by atoms with van der Waals surface area (Å²) in [5, 5.41) is -0.803. The van der Waals surface area contributed by atoms with Crippen LogP contribution in [0.25, 0.3) is 0 Å². The lowest BCUT2D eigenvalue weighted by Gasteiger charge is -2.31. The van der Waals surface area contributed by atoms with E-state index in [0.717, 1.165) is 63.4 Å². The molecule has 1 N–H and O–H groups in total. The molecule has 1 aromatic rings. The quantitative estimate of drug-likeness (QED) is 0.0523. The summed E-state index contributed by atoms with van der Waals surface area (Å²) in [6.45, 7) is 13.8. The summed E-state index contributed by atoms with van der Waals surface area (Å²) < 4.78 is 40.2. The van der Waals surface area contributed by atoms with Gasteiger partial charge in [0, 0.05) is 0 Å². The van der Waals surface area contributed by atoms with Crippen molar-refractivity contribution in [3.05, 3.63) is 33.4 Å². The normalized spacial score (nSPS) is 12.4. The number of hydrogen-bond acceptors (Lipinski definition) is 2. The monoisotopic (exact) mass is 999 g/mol. The average Bonchev–Trinajstić information content (AvgIpc) is 3.34. The van der Waals surface area contributed by atoms with Gasteiger partial charge in [0.15, 0.2) is 0 Å². The lowest BCUT2D eigenvalue weighted by Crippen LogP contribution is -2.22. The predicted molar refractivity (Wildman–Crippen MR) is 315 cm³/mol. The van der Waals surface area contributed by atoms with Crippen molar-refractivity contribution in [3.8, 4) is 0 Å². The van der Waals surface area contributed by atoms with Crippen LogP contribution in [0.5, 0.6) is 0 Å². The summed E-state index contributed by atoms with van der Waals surface area (Å²) in [5.41, 5.74) is 8.73. The fraction of sp³-hybridized carbons (Fsp3) is 0.909. The fourth-order valence-corrected chi connectivity index (χ4v) is 12.9. The van der Waals surface area contributed by atoms with Crippen LogP contribution < -0.4 is 0 Å². The highest BCUT2D eigenvalue weighted by molar-refractivity contribution is 7.86. The maximum absolute atomic E-state index is 14.3. The van der Waals surface area contributed by atoms with Crippen LogP contribution in [-0.2, 0) is 42.2 Å². The van der Waals surface area contributed by atoms with E-state index in [0.29, 0.717) is 6.42 Å². The summed E-state index contributed by atoms with van der Waals surface area (Å²) in [6.07, 6.45) is 66.1. The number of hydrogen-bond donors (Lipinski definition) is 1. The van der Waals surface area contributed by atoms with E-state index in [1.807, 2.05) is 0 Å².